The topological polar surface area (TPSA) is 93.5 Å². The maximum Gasteiger partial charge on any atom is 0.257 e. The largest absolute Gasteiger partial charge is 0.484 e. The van der Waals surface area contributed by atoms with Crippen LogP contribution in [0.15, 0.2) is 47.9 Å². The molecule has 0 aliphatic carbocycles. The Kier molecular flexibility index (Phi) is 7.65. The second-order valence-electron chi connectivity index (χ2n) is 7.08. The first kappa shape index (κ1) is 21.3. The van der Waals surface area contributed by atoms with Gasteiger partial charge in [0.2, 0.25) is 10.0 Å². The summed E-state index contributed by atoms with van der Waals surface area (Å²) in [7, 11) is -3.47. The number of hydrogen-bond donors (Lipinski definition) is 1. The van der Waals surface area contributed by atoms with Gasteiger partial charge in [-0.05, 0) is 43.5 Å². The average Bonchev–Trinajstić information content (AvgIpc) is 3.09. The average molecular weight is 421 g/mol. The highest BCUT2D eigenvalue weighted by Gasteiger charge is 2.24. The molecule has 0 atom stereocenters. The first-order valence-electron chi connectivity index (χ1n) is 10.0. The fraction of sp³-hybridized carbons (Fsp3) is 0.500. The Bertz CT molecular complexity index is 858. The fourth-order valence-corrected chi connectivity index (χ4v) is 4.76. The van der Waals surface area contributed by atoms with Crippen LogP contribution in [0.3, 0.4) is 0 Å². The number of sulfonamides is 1. The van der Waals surface area contributed by atoms with Crippen LogP contribution in [0.5, 0.6) is 5.75 Å². The SMILES string of the molecule is O=C(COc1ccc(S(=O)(=O)N2CCCCCC2)cc1)NCCCn1ccnc1. The van der Waals surface area contributed by atoms with Gasteiger partial charge in [0.05, 0.1) is 11.2 Å². The van der Waals surface area contributed by atoms with Gasteiger partial charge in [-0.25, -0.2) is 13.4 Å². The van der Waals surface area contributed by atoms with Crippen molar-refractivity contribution in [2.45, 2.75) is 43.5 Å². The number of aryl methyl sites for hydroxylation is 1. The summed E-state index contributed by atoms with van der Waals surface area (Å²) in [6.07, 6.45) is 10.1. The van der Waals surface area contributed by atoms with E-state index in [2.05, 4.69) is 10.3 Å². The van der Waals surface area contributed by atoms with Crippen LogP contribution in [0.4, 0.5) is 0 Å². The zero-order valence-electron chi connectivity index (χ0n) is 16.5. The highest BCUT2D eigenvalue weighted by molar-refractivity contribution is 7.89. The summed E-state index contributed by atoms with van der Waals surface area (Å²) in [4.78, 5) is 16.1. The number of rotatable bonds is 9. The monoisotopic (exact) mass is 420 g/mol. The van der Waals surface area contributed by atoms with Crippen molar-refractivity contribution in [3.05, 3.63) is 43.0 Å². The highest BCUT2D eigenvalue weighted by atomic mass is 32.2. The molecule has 1 saturated heterocycles. The van der Waals surface area contributed by atoms with Crippen LogP contribution in [-0.2, 0) is 21.4 Å². The van der Waals surface area contributed by atoms with E-state index in [1.807, 2.05) is 10.8 Å². The van der Waals surface area contributed by atoms with Gasteiger partial charge in [-0.15, -0.1) is 0 Å². The molecule has 0 radical (unpaired) electrons. The van der Waals surface area contributed by atoms with E-state index in [-0.39, 0.29) is 17.4 Å². The number of benzene rings is 1. The number of ether oxygens (including phenoxy) is 1. The van der Waals surface area contributed by atoms with Crippen molar-refractivity contribution in [2.75, 3.05) is 26.2 Å². The fourth-order valence-electron chi connectivity index (χ4n) is 3.25. The third-order valence-electron chi connectivity index (χ3n) is 4.87. The predicted octanol–water partition coefficient (Wildman–Crippen LogP) is 2.03. The molecule has 1 fully saturated rings. The van der Waals surface area contributed by atoms with Gasteiger partial charge in [-0.1, -0.05) is 12.8 Å². The Morgan fingerprint density at radius 2 is 1.83 bits per heavy atom. The summed E-state index contributed by atoms with van der Waals surface area (Å²) in [5.74, 6) is 0.255. The minimum absolute atomic E-state index is 0.108. The predicted molar refractivity (Wildman–Crippen MR) is 109 cm³/mol. The second kappa shape index (κ2) is 10.4. The van der Waals surface area contributed by atoms with E-state index in [4.69, 9.17) is 4.74 Å². The summed E-state index contributed by atoms with van der Waals surface area (Å²) in [5, 5.41) is 2.80. The number of amides is 1. The Labute approximate surface area is 171 Å². The lowest BCUT2D eigenvalue weighted by Crippen LogP contribution is -2.32. The molecule has 0 unspecified atom stereocenters. The molecule has 29 heavy (non-hydrogen) atoms. The van der Waals surface area contributed by atoms with Crippen LogP contribution in [0.25, 0.3) is 0 Å². The van der Waals surface area contributed by atoms with Gasteiger partial charge in [-0.3, -0.25) is 4.79 Å². The number of nitrogens with zero attached hydrogens (tertiary/aromatic N) is 3. The van der Waals surface area contributed by atoms with Crippen LogP contribution in [0.1, 0.15) is 32.1 Å². The van der Waals surface area contributed by atoms with E-state index in [0.717, 1.165) is 38.6 Å². The zero-order chi connectivity index (χ0) is 20.5. The maximum atomic E-state index is 12.8. The molecule has 1 amide bonds. The number of hydrogen-bond acceptors (Lipinski definition) is 5. The van der Waals surface area contributed by atoms with E-state index in [1.165, 1.54) is 0 Å². The third-order valence-corrected chi connectivity index (χ3v) is 6.78. The molecule has 158 valence electrons. The first-order chi connectivity index (χ1) is 14.1. The molecular formula is C20H28N4O4S. The van der Waals surface area contributed by atoms with Crippen LogP contribution in [0, 0.1) is 0 Å². The third kappa shape index (κ3) is 6.30. The Morgan fingerprint density at radius 3 is 2.48 bits per heavy atom. The molecule has 2 aromatic rings. The van der Waals surface area contributed by atoms with Gasteiger partial charge in [0, 0.05) is 38.6 Å². The molecule has 0 spiro atoms. The quantitative estimate of drug-likeness (QED) is 0.627. The van der Waals surface area contributed by atoms with Crippen LogP contribution in [0.2, 0.25) is 0 Å². The van der Waals surface area contributed by atoms with Crippen molar-refractivity contribution < 1.29 is 17.9 Å². The first-order valence-corrected chi connectivity index (χ1v) is 11.5. The van der Waals surface area contributed by atoms with Crippen LogP contribution >= 0.6 is 0 Å². The molecular weight excluding hydrogens is 392 g/mol. The summed E-state index contributed by atoms with van der Waals surface area (Å²) in [5.41, 5.74) is 0. The molecule has 8 nitrogen and oxygen atoms in total. The molecule has 2 heterocycles. The van der Waals surface area contributed by atoms with Gasteiger partial charge in [-0.2, -0.15) is 4.31 Å². The van der Waals surface area contributed by atoms with E-state index >= 15 is 0 Å². The molecule has 9 heteroatoms. The van der Waals surface area contributed by atoms with Crippen molar-refractivity contribution >= 4 is 15.9 Å². The van der Waals surface area contributed by atoms with Gasteiger partial charge in [0.15, 0.2) is 6.61 Å². The van der Waals surface area contributed by atoms with E-state index < -0.39 is 10.0 Å². The second-order valence-corrected chi connectivity index (χ2v) is 9.02. The van der Waals surface area contributed by atoms with Crippen molar-refractivity contribution in [3.8, 4) is 5.75 Å². The van der Waals surface area contributed by atoms with E-state index in [0.29, 0.717) is 25.4 Å². The zero-order valence-corrected chi connectivity index (χ0v) is 17.3. The number of aromatic nitrogens is 2. The molecule has 1 aromatic heterocycles. The standard InChI is InChI=1S/C20H28N4O4S/c25-20(22-10-5-12-23-15-11-21-17-23)16-28-18-6-8-19(9-7-18)29(26,27)24-13-3-1-2-4-14-24/h6-9,11,15,17H,1-5,10,12-14,16H2,(H,22,25). The lowest BCUT2D eigenvalue weighted by atomic mass is 10.2. The molecule has 1 aromatic carbocycles. The molecule has 1 aliphatic rings. The van der Waals surface area contributed by atoms with Crippen LogP contribution in [-0.4, -0.2) is 54.4 Å². The van der Waals surface area contributed by atoms with Crippen molar-refractivity contribution in [2.24, 2.45) is 0 Å². The molecule has 1 aliphatic heterocycles. The Hall–Kier alpha value is -2.39. The maximum absolute atomic E-state index is 12.8. The summed E-state index contributed by atoms with van der Waals surface area (Å²) >= 11 is 0. The summed E-state index contributed by atoms with van der Waals surface area (Å²) in [6, 6.07) is 6.27. The molecule has 0 bridgehead atoms. The van der Waals surface area contributed by atoms with E-state index in [9.17, 15) is 13.2 Å². The smallest absolute Gasteiger partial charge is 0.257 e. The lowest BCUT2D eigenvalue weighted by molar-refractivity contribution is -0.123. The van der Waals surface area contributed by atoms with Gasteiger partial charge in [0.1, 0.15) is 5.75 Å². The van der Waals surface area contributed by atoms with Crippen molar-refractivity contribution in [1.82, 2.24) is 19.2 Å². The van der Waals surface area contributed by atoms with Crippen molar-refractivity contribution in [1.29, 1.82) is 0 Å². The number of carbonyl (C=O) groups excluding carboxylic acids is 1. The van der Waals surface area contributed by atoms with Crippen LogP contribution < -0.4 is 10.1 Å². The Morgan fingerprint density at radius 1 is 1.10 bits per heavy atom. The molecule has 3 rings (SSSR count). The van der Waals surface area contributed by atoms with Crippen molar-refractivity contribution in [3.63, 3.8) is 0 Å². The van der Waals surface area contributed by atoms with Gasteiger partial charge >= 0.3 is 0 Å². The summed E-state index contributed by atoms with van der Waals surface area (Å²) in [6.45, 7) is 2.37. The highest BCUT2D eigenvalue weighted by Crippen LogP contribution is 2.22. The minimum atomic E-state index is -3.47. The Balaban J connectivity index is 1.43. The van der Waals surface area contributed by atoms with E-state index in [1.54, 1.807) is 41.1 Å². The molecule has 0 saturated carbocycles. The number of imidazole rings is 1. The summed E-state index contributed by atoms with van der Waals surface area (Å²) < 4.78 is 34.5. The minimum Gasteiger partial charge on any atom is -0.484 e. The normalized spacial score (nSPS) is 15.6. The number of carbonyl (C=O) groups is 1. The molecule has 1 N–H and O–H groups in total. The van der Waals surface area contributed by atoms with Gasteiger partial charge < -0.3 is 14.6 Å². The number of nitrogens with one attached hydrogen (secondary N) is 1. The lowest BCUT2D eigenvalue weighted by Gasteiger charge is -2.20. The van der Waals surface area contributed by atoms with Gasteiger partial charge in [0.25, 0.3) is 5.91 Å².